The SMILES string of the molecule is Cn1c(/N=C/N2CCOCC2)cc(=O)n(C)c1=O. The smallest absolute Gasteiger partial charge is 0.332 e. The number of nitrogens with zero attached hydrogens (tertiary/aromatic N) is 4. The van der Waals surface area contributed by atoms with Crippen LogP contribution in [0.15, 0.2) is 20.6 Å². The van der Waals surface area contributed by atoms with Crippen molar-refractivity contribution >= 4 is 12.2 Å². The molecule has 0 amide bonds. The molecular weight excluding hydrogens is 236 g/mol. The number of hydrogen-bond acceptors (Lipinski definition) is 4. The Morgan fingerprint density at radius 2 is 1.89 bits per heavy atom. The number of rotatable bonds is 2. The summed E-state index contributed by atoms with van der Waals surface area (Å²) in [7, 11) is 3.04. The van der Waals surface area contributed by atoms with Crippen LogP contribution in [0.25, 0.3) is 0 Å². The van der Waals surface area contributed by atoms with E-state index in [9.17, 15) is 9.59 Å². The van der Waals surface area contributed by atoms with Crippen molar-refractivity contribution in [3.8, 4) is 0 Å². The van der Waals surface area contributed by atoms with Gasteiger partial charge in [-0.3, -0.25) is 13.9 Å². The Bertz CT molecular complexity index is 567. The van der Waals surface area contributed by atoms with Crippen LogP contribution in [-0.2, 0) is 18.8 Å². The molecule has 0 saturated carbocycles. The van der Waals surface area contributed by atoms with Crippen molar-refractivity contribution < 1.29 is 4.74 Å². The lowest BCUT2D eigenvalue weighted by Gasteiger charge is -2.24. The minimum Gasteiger partial charge on any atom is -0.378 e. The van der Waals surface area contributed by atoms with E-state index in [1.807, 2.05) is 4.90 Å². The zero-order chi connectivity index (χ0) is 13.1. The maximum atomic E-state index is 11.7. The molecule has 7 heteroatoms. The van der Waals surface area contributed by atoms with E-state index in [0.717, 1.165) is 17.7 Å². The van der Waals surface area contributed by atoms with Crippen LogP contribution < -0.4 is 11.2 Å². The predicted molar refractivity (Wildman–Crippen MR) is 67.5 cm³/mol. The largest absolute Gasteiger partial charge is 0.378 e. The lowest BCUT2D eigenvalue weighted by atomic mass is 10.5. The van der Waals surface area contributed by atoms with Gasteiger partial charge in [-0.2, -0.15) is 0 Å². The summed E-state index contributed by atoms with van der Waals surface area (Å²) < 4.78 is 7.61. The highest BCUT2D eigenvalue weighted by molar-refractivity contribution is 5.59. The molecule has 1 aliphatic rings. The van der Waals surface area contributed by atoms with E-state index in [2.05, 4.69) is 4.99 Å². The fourth-order valence-corrected chi connectivity index (χ4v) is 1.68. The van der Waals surface area contributed by atoms with E-state index in [1.165, 1.54) is 17.7 Å². The number of morpholine rings is 1. The molecule has 0 aromatic carbocycles. The van der Waals surface area contributed by atoms with Gasteiger partial charge in [0.05, 0.1) is 19.6 Å². The van der Waals surface area contributed by atoms with Gasteiger partial charge in [0.1, 0.15) is 5.82 Å². The summed E-state index contributed by atoms with van der Waals surface area (Å²) in [6.07, 6.45) is 1.65. The number of ether oxygens (including phenoxy) is 1. The van der Waals surface area contributed by atoms with Gasteiger partial charge < -0.3 is 9.64 Å². The molecule has 98 valence electrons. The van der Waals surface area contributed by atoms with Gasteiger partial charge in [0, 0.05) is 33.3 Å². The standard InChI is InChI=1S/C11H16N4O3/c1-13-9(7-10(16)14(2)11(13)17)12-8-15-3-5-18-6-4-15/h7-8H,3-6H2,1-2H3/b12-8+. The second kappa shape index (κ2) is 5.18. The van der Waals surface area contributed by atoms with Crippen molar-refractivity contribution in [1.29, 1.82) is 0 Å². The third-order valence-electron chi connectivity index (χ3n) is 2.90. The van der Waals surface area contributed by atoms with Crippen molar-refractivity contribution in [2.75, 3.05) is 26.3 Å². The van der Waals surface area contributed by atoms with Crippen molar-refractivity contribution in [2.24, 2.45) is 19.1 Å². The third kappa shape index (κ3) is 2.51. The monoisotopic (exact) mass is 252 g/mol. The van der Waals surface area contributed by atoms with E-state index >= 15 is 0 Å². The Labute approximate surface area is 104 Å². The topological polar surface area (TPSA) is 68.8 Å². The third-order valence-corrected chi connectivity index (χ3v) is 2.90. The molecule has 1 aromatic rings. The molecule has 18 heavy (non-hydrogen) atoms. The first-order valence-corrected chi connectivity index (χ1v) is 5.72. The number of aromatic nitrogens is 2. The van der Waals surface area contributed by atoms with Crippen LogP contribution in [-0.4, -0.2) is 46.7 Å². The molecule has 0 atom stereocenters. The molecule has 1 fully saturated rings. The summed E-state index contributed by atoms with van der Waals surface area (Å²) in [5.41, 5.74) is -0.733. The Kier molecular flexibility index (Phi) is 3.61. The zero-order valence-electron chi connectivity index (χ0n) is 10.5. The Morgan fingerprint density at radius 1 is 1.22 bits per heavy atom. The highest BCUT2D eigenvalue weighted by Gasteiger charge is 2.07. The van der Waals surface area contributed by atoms with E-state index in [0.29, 0.717) is 19.0 Å². The minimum absolute atomic E-state index is 0.354. The van der Waals surface area contributed by atoms with E-state index in [1.54, 1.807) is 13.4 Å². The van der Waals surface area contributed by atoms with E-state index < -0.39 is 0 Å². The molecule has 2 rings (SSSR count). The lowest BCUT2D eigenvalue weighted by molar-refractivity contribution is 0.0701. The zero-order valence-corrected chi connectivity index (χ0v) is 10.5. The molecule has 0 unspecified atom stereocenters. The molecule has 0 radical (unpaired) electrons. The van der Waals surface area contributed by atoms with Crippen LogP contribution in [0.4, 0.5) is 5.82 Å². The first-order chi connectivity index (χ1) is 8.59. The molecule has 1 aliphatic heterocycles. The summed E-state index contributed by atoms with van der Waals surface area (Å²) in [5, 5.41) is 0. The summed E-state index contributed by atoms with van der Waals surface area (Å²) in [4.78, 5) is 29.4. The van der Waals surface area contributed by atoms with Crippen molar-refractivity contribution in [2.45, 2.75) is 0 Å². The van der Waals surface area contributed by atoms with Gasteiger partial charge in [-0.25, -0.2) is 9.79 Å². The van der Waals surface area contributed by atoms with Gasteiger partial charge in [-0.05, 0) is 0 Å². The first kappa shape index (κ1) is 12.6. The quantitative estimate of drug-likeness (QED) is 0.504. The highest BCUT2D eigenvalue weighted by atomic mass is 16.5. The first-order valence-electron chi connectivity index (χ1n) is 5.72. The molecule has 7 nitrogen and oxygen atoms in total. The van der Waals surface area contributed by atoms with Crippen LogP contribution in [0.5, 0.6) is 0 Å². The van der Waals surface area contributed by atoms with Crippen LogP contribution >= 0.6 is 0 Å². The van der Waals surface area contributed by atoms with Crippen LogP contribution in [0.1, 0.15) is 0 Å². The van der Waals surface area contributed by atoms with E-state index in [4.69, 9.17) is 4.74 Å². The number of aliphatic imine (C=N–C) groups is 1. The summed E-state index contributed by atoms with van der Waals surface area (Å²) in [5.74, 6) is 0.356. The molecular formula is C11H16N4O3. The molecule has 0 spiro atoms. The average molecular weight is 252 g/mol. The fourth-order valence-electron chi connectivity index (χ4n) is 1.68. The molecule has 0 N–H and O–H groups in total. The Balaban J connectivity index is 2.26. The maximum Gasteiger partial charge on any atom is 0.332 e. The predicted octanol–water partition coefficient (Wildman–Crippen LogP) is -0.924. The lowest BCUT2D eigenvalue weighted by Crippen LogP contribution is -2.37. The summed E-state index contributed by atoms with van der Waals surface area (Å²) in [6, 6.07) is 1.35. The van der Waals surface area contributed by atoms with Gasteiger partial charge in [0.25, 0.3) is 5.56 Å². The van der Waals surface area contributed by atoms with Gasteiger partial charge in [0.15, 0.2) is 0 Å². The van der Waals surface area contributed by atoms with Gasteiger partial charge >= 0.3 is 5.69 Å². The van der Waals surface area contributed by atoms with Crippen molar-refractivity contribution in [1.82, 2.24) is 14.0 Å². The van der Waals surface area contributed by atoms with E-state index in [-0.39, 0.29) is 11.2 Å². The Hall–Kier alpha value is -1.89. The fraction of sp³-hybridized carbons (Fsp3) is 0.545. The molecule has 0 aliphatic carbocycles. The minimum atomic E-state index is -0.378. The van der Waals surface area contributed by atoms with Gasteiger partial charge in [-0.1, -0.05) is 0 Å². The normalized spacial score (nSPS) is 16.4. The second-order valence-corrected chi connectivity index (χ2v) is 4.13. The Morgan fingerprint density at radius 3 is 2.56 bits per heavy atom. The van der Waals surface area contributed by atoms with Crippen LogP contribution in [0, 0.1) is 0 Å². The highest BCUT2D eigenvalue weighted by Crippen LogP contribution is 2.04. The molecule has 0 bridgehead atoms. The maximum absolute atomic E-state index is 11.7. The molecule has 1 aromatic heterocycles. The van der Waals surface area contributed by atoms with Gasteiger partial charge in [0.2, 0.25) is 0 Å². The van der Waals surface area contributed by atoms with Crippen molar-refractivity contribution in [3.05, 3.63) is 26.9 Å². The number of hydrogen-bond donors (Lipinski definition) is 0. The molecule has 2 heterocycles. The van der Waals surface area contributed by atoms with Crippen molar-refractivity contribution in [3.63, 3.8) is 0 Å². The second-order valence-electron chi connectivity index (χ2n) is 4.13. The van der Waals surface area contributed by atoms with Gasteiger partial charge in [-0.15, -0.1) is 0 Å². The molecule has 1 saturated heterocycles. The summed E-state index contributed by atoms with van der Waals surface area (Å²) >= 11 is 0. The average Bonchev–Trinajstić information content (AvgIpc) is 2.40. The summed E-state index contributed by atoms with van der Waals surface area (Å²) in [6.45, 7) is 2.87. The van der Waals surface area contributed by atoms with Crippen LogP contribution in [0.3, 0.4) is 0 Å². The van der Waals surface area contributed by atoms with Crippen LogP contribution in [0.2, 0.25) is 0 Å².